The number of likely N-dealkylation sites (N-methyl/N-ethyl adjacent to an activating group) is 1. The molecule has 0 aliphatic carbocycles. The minimum atomic E-state index is -5.04. The van der Waals surface area contributed by atoms with Crippen molar-refractivity contribution in [2.75, 3.05) is 7.05 Å². The molecule has 1 amide bonds. The van der Waals surface area contributed by atoms with Crippen LogP contribution < -0.4 is 16.1 Å². The van der Waals surface area contributed by atoms with E-state index in [4.69, 9.17) is 5.11 Å². The Bertz CT molecular complexity index is 600. The Kier molecular flexibility index (Phi) is 5.55. The van der Waals surface area contributed by atoms with Crippen LogP contribution in [0.4, 0.5) is 13.2 Å². The van der Waals surface area contributed by atoms with Crippen LogP contribution in [0.25, 0.3) is 0 Å². The van der Waals surface area contributed by atoms with E-state index >= 15 is 0 Å². The van der Waals surface area contributed by atoms with Crippen LogP contribution in [0.1, 0.15) is 24.4 Å². The number of carbonyl (C=O) groups excluding carboxylic acids is 1. The topological polar surface area (TPSA) is 114 Å². The number of nitrogens with one attached hydrogen (secondary N) is 3. The summed E-state index contributed by atoms with van der Waals surface area (Å²) < 4.78 is 37.5. The normalized spacial score (nSPS) is 14.5. The van der Waals surface area contributed by atoms with Crippen molar-refractivity contribution in [2.45, 2.75) is 31.8 Å². The molecule has 0 aliphatic heterocycles. The van der Waals surface area contributed by atoms with Gasteiger partial charge in [0.2, 0.25) is 11.3 Å². The highest BCUT2D eigenvalue weighted by Gasteiger charge is 2.42. The minimum Gasteiger partial charge on any atom is -0.503 e. The highest BCUT2D eigenvalue weighted by atomic mass is 19.4. The van der Waals surface area contributed by atoms with Crippen LogP contribution in [-0.4, -0.2) is 40.4 Å². The van der Waals surface area contributed by atoms with E-state index in [1.54, 1.807) is 0 Å². The van der Waals surface area contributed by atoms with Crippen molar-refractivity contribution in [3.63, 3.8) is 0 Å². The van der Waals surface area contributed by atoms with Gasteiger partial charge < -0.3 is 25.8 Å². The zero-order chi connectivity index (χ0) is 17.1. The fourth-order valence-corrected chi connectivity index (χ4v) is 1.66. The monoisotopic (exact) mass is 323 g/mol. The van der Waals surface area contributed by atoms with Gasteiger partial charge in [-0.2, -0.15) is 13.2 Å². The standard InChI is InChI=1S/C12H16F3N3O4/c1-5(11(22)16-2)17-4-6-3-7(19)9(20)8(18-6)10(21)12(13,14)15/h3,5,10,17,20-21H,4H2,1-2H3,(H,16,22)(H,18,19)/t5-,10?/m0/s1. The van der Waals surface area contributed by atoms with E-state index in [1.807, 2.05) is 0 Å². The summed E-state index contributed by atoms with van der Waals surface area (Å²) in [4.78, 5) is 24.9. The summed E-state index contributed by atoms with van der Waals surface area (Å²) in [5, 5.41) is 23.6. The Morgan fingerprint density at radius 2 is 2.05 bits per heavy atom. The predicted octanol–water partition coefficient (Wildman–Crippen LogP) is -0.0997. The summed E-state index contributed by atoms with van der Waals surface area (Å²) in [6.07, 6.45) is -8.06. The molecular weight excluding hydrogens is 307 g/mol. The molecule has 0 bridgehead atoms. The average molecular weight is 323 g/mol. The van der Waals surface area contributed by atoms with Crippen LogP contribution in [0, 0.1) is 0 Å². The molecule has 5 N–H and O–H groups in total. The van der Waals surface area contributed by atoms with E-state index in [9.17, 15) is 27.9 Å². The molecule has 1 unspecified atom stereocenters. The molecule has 0 fully saturated rings. The Balaban J connectivity index is 3.02. The first kappa shape index (κ1) is 18.0. The number of hydrogen-bond acceptors (Lipinski definition) is 5. The first-order valence-corrected chi connectivity index (χ1v) is 6.22. The molecule has 0 spiro atoms. The van der Waals surface area contributed by atoms with Crippen molar-refractivity contribution in [3.05, 3.63) is 27.7 Å². The van der Waals surface area contributed by atoms with Crippen LogP contribution in [0.5, 0.6) is 5.75 Å². The number of aliphatic hydroxyl groups excluding tert-OH is 1. The summed E-state index contributed by atoms with van der Waals surface area (Å²) in [7, 11) is 1.42. The Morgan fingerprint density at radius 1 is 1.45 bits per heavy atom. The fraction of sp³-hybridized carbons (Fsp3) is 0.500. The average Bonchev–Trinajstić information content (AvgIpc) is 2.45. The number of pyridine rings is 1. The largest absolute Gasteiger partial charge is 0.503 e. The number of halogens is 3. The van der Waals surface area contributed by atoms with Crippen molar-refractivity contribution in [3.8, 4) is 5.75 Å². The van der Waals surface area contributed by atoms with Gasteiger partial charge in [0.15, 0.2) is 11.9 Å². The van der Waals surface area contributed by atoms with Gasteiger partial charge in [-0.1, -0.05) is 0 Å². The maximum atomic E-state index is 12.5. The lowest BCUT2D eigenvalue weighted by Crippen LogP contribution is -2.40. The quantitative estimate of drug-likeness (QED) is 0.519. The van der Waals surface area contributed by atoms with Crippen molar-refractivity contribution < 1.29 is 28.2 Å². The maximum Gasteiger partial charge on any atom is 0.420 e. The molecule has 10 heteroatoms. The van der Waals surface area contributed by atoms with Gasteiger partial charge in [-0.25, -0.2) is 0 Å². The molecule has 22 heavy (non-hydrogen) atoms. The number of aromatic amines is 1. The highest BCUT2D eigenvalue weighted by Crippen LogP contribution is 2.34. The van der Waals surface area contributed by atoms with Gasteiger partial charge in [0.25, 0.3) is 0 Å². The van der Waals surface area contributed by atoms with Crippen LogP contribution in [0.3, 0.4) is 0 Å². The third kappa shape index (κ3) is 4.21. The summed E-state index contributed by atoms with van der Waals surface area (Å²) in [6, 6.07) is 0.226. The van der Waals surface area contributed by atoms with Crippen LogP contribution in [-0.2, 0) is 11.3 Å². The summed E-state index contributed by atoms with van der Waals surface area (Å²) in [5.41, 5.74) is -2.12. The number of carbonyl (C=O) groups is 1. The second kappa shape index (κ2) is 6.79. The van der Waals surface area contributed by atoms with E-state index in [2.05, 4.69) is 15.6 Å². The molecule has 0 aromatic carbocycles. The van der Waals surface area contributed by atoms with Gasteiger partial charge in [0, 0.05) is 25.4 Å². The molecule has 0 saturated carbocycles. The number of amides is 1. The van der Waals surface area contributed by atoms with E-state index in [-0.39, 0.29) is 18.1 Å². The summed E-state index contributed by atoms with van der Waals surface area (Å²) in [6.45, 7) is 1.38. The lowest BCUT2D eigenvalue weighted by Gasteiger charge is -2.17. The molecular formula is C12H16F3N3O4. The van der Waals surface area contributed by atoms with Gasteiger partial charge in [-0.3, -0.25) is 9.59 Å². The van der Waals surface area contributed by atoms with Crippen molar-refractivity contribution in [2.24, 2.45) is 0 Å². The van der Waals surface area contributed by atoms with E-state index in [0.29, 0.717) is 0 Å². The Labute approximate surface area is 123 Å². The number of alkyl halides is 3. The predicted molar refractivity (Wildman–Crippen MR) is 70.1 cm³/mol. The van der Waals surface area contributed by atoms with Gasteiger partial charge in [-0.05, 0) is 6.92 Å². The summed E-state index contributed by atoms with van der Waals surface area (Å²) >= 11 is 0. The van der Waals surface area contributed by atoms with Gasteiger partial charge in [-0.15, -0.1) is 0 Å². The van der Waals surface area contributed by atoms with Gasteiger partial charge >= 0.3 is 6.18 Å². The molecule has 0 aliphatic rings. The van der Waals surface area contributed by atoms with E-state index in [1.165, 1.54) is 14.0 Å². The Morgan fingerprint density at radius 3 is 2.55 bits per heavy atom. The second-order valence-electron chi connectivity index (χ2n) is 4.58. The summed E-state index contributed by atoms with van der Waals surface area (Å²) in [5.74, 6) is -1.55. The number of rotatable bonds is 5. The van der Waals surface area contributed by atoms with Gasteiger partial charge in [0.05, 0.1) is 11.7 Å². The SMILES string of the molecule is CNC(=O)[C@H](C)NCc1cc(=O)c(O)c(C(O)C(F)(F)F)[nH]1. The maximum absolute atomic E-state index is 12.5. The second-order valence-corrected chi connectivity index (χ2v) is 4.58. The lowest BCUT2D eigenvalue weighted by atomic mass is 10.1. The number of hydrogen-bond donors (Lipinski definition) is 5. The van der Waals surface area contributed by atoms with Crippen molar-refractivity contribution in [1.29, 1.82) is 0 Å². The van der Waals surface area contributed by atoms with Gasteiger partial charge in [0.1, 0.15) is 0 Å². The molecule has 1 rings (SSSR count). The fourth-order valence-electron chi connectivity index (χ4n) is 1.66. The number of H-pyrrole nitrogens is 1. The highest BCUT2D eigenvalue weighted by molar-refractivity contribution is 5.80. The molecule has 7 nitrogen and oxygen atoms in total. The Hall–Kier alpha value is -2.07. The van der Waals surface area contributed by atoms with Crippen molar-refractivity contribution in [1.82, 2.24) is 15.6 Å². The third-order valence-corrected chi connectivity index (χ3v) is 2.91. The first-order valence-electron chi connectivity index (χ1n) is 6.22. The number of aliphatic hydroxyl groups is 1. The van der Waals surface area contributed by atoms with E-state index < -0.39 is 35.2 Å². The first-order chi connectivity index (χ1) is 10.1. The molecule has 0 radical (unpaired) electrons. The zero-order valence-electron chi connectivity index (χ0n) is 11.8. The van der Waals surface area contributed by atoms with E-state index in [0.717, 1.165) is 6.07 Å². The molecule has 1 aromatic heterocycles. The molecule has 124 valence electrons. The minimum absolute atomic E-state index is 0.0168. The van der Waals surface area contributed by atoms with Crippen LogP contribution in [0.2, 0.25) is 0 Å². The van der Waals surface area contributed by atoms with Crippen molar-refractivity contribution >= 4 is 5.91 Å². The zero-order valence-corrected chi connectivity index (χ0v) is 11.8. The molecule has 1 aromatic rings. The van der Waals surface area contributed by atoms with Crippen LogP contribution in [0.15, 0.2) is 10.9 Å². The number of aromatic nitrogens is 1. The molecule has 1 heterocycles. The molecule has 0 saturated heterocycles. The smallest absolute Gasteiger partial charge is 0.420 e. The third-order valence-electron chi connectivity index (χ3n) is 2.91. The number of aromatic hydroxyl groups is 1. The lowest BCUT2D eigenvalue weighted by molar-refractivity contribution is -0.208. The van der Waals surface area contributed by atoms with Crippen LogP contribution >= 0.6 is 0 Å². The molecule has 2 atom stereocenters.